The Hall–Kier alpha value is -1.99. The van der Waals surface area contributed by atoms with E-state index >= 15 is 0 Å². The van der Waals surface area contributed by atoms with Crippen LogP contribution in [0.25, 0.3) is 0 Å². The van der Waals surface area contributed by atoms with Crippen LogP contribution in [0.4, 0.5) is 0 Å². The van der Waals surface area contributed by atoms with Crippen molar-refractivity contribution in [1.82, 2.24) is 0 Å². The third kappa shape index (κ3) is 3.77. The fourth-order valence-electron chi connectivity index (χ4n) is 2.06. The van der Waals surface area contributed by atoms with Crippen molar-refractivity contribution < 1.29 is 24.2 Å². The van der Waals surface area contributed by atoms with Crippen molar-refractivity contribution in [3.05, 3.63) is 23.8 Å². The molecule has 1 atom stereocenters. The maximum absolute atomic E-state index is 8.72. The van der Waals surface area contributed by atoms with Gasteiger partial charge in [-0.25, -0.2) is 0 Å². The smallest absolute Gasteiger partial charge is 0.173 e. The van der Waals surface area contributed by atoms with Gasteiger partial charge in [0.05, 0.1) is 19.3 Å². The summed E-state index contributed by atoms with van der Waals surface area (Å²) in [5.41, 5.74) is 6.06. The fourth-order valence-corrected chi connectivity index (χ4v) is 2.06. The first-order valence-corrected chi connectivity index (χ1v) is 6.55. The number of methoxy groups -OCH3 is 1. The summed E-state index contributed by atoms with van der Waals surface area (Å²) in [7, 11) is 1.50. The zero-order valence-corrected chi connectivity index (χ0v) is 12.3. The van der Waals surface area contributed by atoms with E-state index in [1.54, 1.807) is 18.2 Å². The molecule has 0 saturated carbocycles. The summed E-state index contributed by atoms with van der Waals surface area (Å²) in [5, 5.41) is 11.7. The summed E-state index contributed by atoms with van der Waals surface area (Å²) in [6, 6.07) is 5.06. The maximum Gasteiger partial charge on any atom is 0.173 e. The summed E-state index contributed by atoms with van der Waals surface area (Å²) in [4.78, 5) is 0. The van der Waals surface area contributed by atoms with Gasteiger partial charge >= 0.3 is 0 Å². The second-order valence-electron chi connectivity index (χ2n) is 5.11. The van der Waals surface area contributed by atoms with Crippen molar-refractivity contribution in [3.63, 3.8) is 0 Å². The van der Waals surface area contributed by atoms with Gasteiger partial charge in [-0.1, -0.05) is 5.16 Å². The number of ether oxygens (including phenoxy) is 4. The van der Waals surface area contributed by atoms with Crippen LogP contribution in [-0.4, -0.2) is 43.3 Å². The summed E-state index contributed by atoms with van der Waals surface area (Å²) in [6.45, 7) is 4.59. The Kier molecular flexibility index (Phi) is 4.54. The molecule has 0 unspecified atom stereocenters. The largest absolute Gasteiger partial charge is 0.496 e. The van der Waals surface area contributed by atoms with Crippen molar-refractivity contribution in [2.24, 2.45) is 10.9 Å². The van der Waals surface area contributed by atoms with E-state index in [9.17, 15) is 0 Å². The SMILES string of the molecule is COc1cc(OC[C@@H]2COC(C)(C)O2)ccc1/C(N)=N/O. The van der Waals surface area contributed by atoms with Gasteiger partial charge in [-0.05, 0) is 26.0 Å². The minimum atomic E-state index is -0.568. The predicted octanol–water partition coefficient (Wildman–Crippen LogP) is 1.32. The molecule has 21 heavy (non-hydrogen) atoms. The van der Waals surface area contributed by atoms with Crippen LogP contribution < -0.4 is 15.2 Å². The molecule has 116 valence electrons. The van der Waals surface area contributed by atoms with E-state index in [2.05, 4.69) is 5.16 Å². The van der Waals surface area contributed by atoms with E-state index in [1.165, 1.54) is 7.11 Å². The number of amidine groups is 1. The molecule has 1 aromatic carbocycles. The van der Waals surface area contributed by atoms with Crippen molar-refractivity contribution in [3.8, 4) is 11.5 Å². The minimum Gasteiger partial charge on any atom is -0.496 e. The molecule has 1 saturated heterocycles. The van der Waals surface area contributed by atoms with Gasteiger partial charge in [0, 0.05) is 6.07 Å². The second kappa shape index (κ2) is 6.19. The Morgan fingerprint density at radius 3 is 2.86 bits per heavy atom. The van der Waals surface area contributed by atoms with E-state index in [0.717, 1.165) is 0 Å². The number of oxime groups is 1. The zero-order valence-electron chi connectivity index (χ0n) is 12.3. The lowest BCUT2D eigenvalue weighted by molar-refractivity contribution is -0.141. The molecule has 1 heterocycles. The van der Waals surface area contributed by atoms with Gasteiger partial charge in [-0.15, -0.1) is 0 Å². The Bertz CT molecular complexity index is 530. The van der Waals surface area contributed by atoms with Crippen LogP contribution in [0.3, 0.4) is 0 Å². The van der Waals surface area contributed by atoms with Crippen LogP contribution in [0.15, 0.2) is 23.4 Å². The van der Waals surface area contributed by atoms with E-state index in [0.29, 0.717) is 30.3 Å². The van der Waals surface area contributed by atoms with Gasteiger partial charge in [0.2, 0.25) is 0 Å². The lowest BCUT2D eigenvalue weighted by Gasteiger charge is -2.17. The predicted molar refractivity (Wildman–Crippen MR) is 75.9 cm³/mol. The van der Waals surface area contributed by atoms with Crippen LogP contribution in [0.5, 0.6) is 11.5 Å². The molecule has 3 N–H and O–H groups in total. The maximum atomic E-state index is 8.72. The number of rotatable bonds is 5. The van der Waals surface area contributed by atoms with Gasteiger partial charge in [0.1, 0.15) is 24.2 Å². The van der Waals surface area contributed by atoms with Crippen molar-refractivity contribution in [2.75, 3.05) is 20.3 Å². The molecule has 1 aliphatic rings. The molecule has 7 nitrogen and oxygen atoms in total. The highest BCUT2D eigenvalue weighted by atomic mass is 16.7. The number of nitrogens with zero attached hydrogens (tertiary/aromatic N) is 1. The van der Waals surface area contributed by atoms with E-state index in [1.807, 2.05) is 13.8 Å². The first-order chi connectivity index (χ1) is 9.95. The number of benzene rings is 1. The van der Waals surface area contributed by atoms with Gasteiger partial charge in [-0.3, -0.25) is 0 Å². The molecule has 0 spiro atoms. The van der Waals surface area contributed by atoms with Crippen LogP contribution in [0, 0.1) is 0 Å². The number of hydrogen-bond donors (Lipinski definition) is 2. The molecule has 1 aliphatic heterocycles. The first kappa shape index (κ1) is 15.4. The molecule has 0 bridgehead atoms. The molecule has 0 aromatic heterocycles. The first-order valence-electron chi connectivity index (χ1n) is 6.55. The molecule has 0 radical (unpaired) electrons. The summed E-state index contributed by atoms with van der Waals surface area (Å²) in [6.07, 6.45) is -0.116. The molecule has 1 fully saturated rings. The summed E-state index contributed by atoms with van der Waals surface area (Å²) >= 11 is 0. The van der Waals surface area contributed by atoms with E-state index in [4.69, 9.17) is 29.9 Å². The Labute approximate surface area is 123 Å². The Balaban J connectivity index is 2.01. The standard InChI is InChI=1S/C14H20N2O5/c1-14(2)20-8-10(21-14)7-19-9-4-5-11(13(15)16-17)12(6-9)18-3/h4-6,10,17H,7-8H2,1-3H3,(H2,15,16)/t10-/m1/s1. The summed E-state index contributed by atoms with van der Waals surface area (Å²) < 4.78 is 22.0. The quantitative estimate of drug-likeness (QED) is 0.368. The van der Waals surface area contributed by atoms with Crippen molar-refractivity contribution in [2.45, 2.75) is 25.7 Å². The number of hydrogen-bond acceptors (Lipinski definition) is 6. The Morgan fingerprint density at radius 1 is 1.52 bits per heavy atom. The normalized spacial score (nSPS) is 21.3. The lowest BCUT2D eigenvalue weighted by atomic mass is 10.2. The average molecular weight is 296 g/mol. The van der Waals surface area contributed by atoms with Crippen LogP contribution in [0.2, 0.25) is 0 Å². The van der Waals surface area contributed by atoms with Crippen LogP contribution >= 0.6 is 0 Å². The van der Waals surface area contributed by atoms with Crippen molar-refractivity contribution >= 4 is 5.84 Å². The molecule has 1 aromatic rings. The highest BCUT2D eigenvalue weighted by Crippen LogP contribution is 2.26. The van der Waals surface area contributed by atoms with Gasteiger partial charge in [0.25, 0.3) is 0 Å². The Morgan fingerprint density at radius 2 is 2.29 bits per heavy atom. The average Bonchev–Trinajstić information content (AvgIpc) is 2.83. The van der Waals surface area contributed by atoms with Gasteiger partial charge in [-0.2, -0.15) is 0 Å². The fraction of sp³-hybridized carbons (Fsp3) is 0.500. The topological polar surface area (TPSA) is 95.5 Å². The lowest BCUT2D eigenvalue weighted by Crippen LogP contribution is -2.25. The monoisotopic (exact) mass is 296 g/mol. The molecule has 0 amide bonds. The van der Waals surface area contributed by atoms with Crippen LogP contribution in [-0.2, 0) is 9.47 Å². The minimum absolute atomic E-state index is 0.0207. The third-order valence-electron chi connectivity index (χ3n) is 3.06. The third-order valence-corrected chi connectivity index (χ3v) is 3.06. The van der Waals surface area contributed by atoms with Gasteiger partial charge in [0.15, 0.2) is 11.6 Å². The zero-order chi connectivity index (χ0) is 15.5. The van der Waals surface area contributed by atoms with Gasteiger partial charge < -0.3 is 29.9 Å². The summed E-state index contributed by atoms with van der Waals surface area (Å²) in [5.74, 6) is 0.482. The molecular formula is C14H20N2O5. The molecular weight excluding hydrogens is 276 g/mol. The van der Waals surface area contributed by atoms with Crippen LogP contribution in [0.1, 0.15) is 19.4 Å². The van der Waals surface area contributed by atoms with Crippen molar-refractivity contribution in [1.29, 1.82) is 0 Å². The van der Waals surface area contributed by atoms with E-state index < -0.39 is 5.79 Å². The highest BCUT2D eigenvalue weighted by molar-refractivity contribution is 5.99. The molecule has 2 rings (SSSR count). The van der Waals surface area contributed by atoms with E-state index in [-0.39, 0.29) is 11.9 Å². The second-order valence-corrected chi connectivity index (χ2v) is 5.11. The molecule has 0 aliphatic carbocycles. The number of nitrogens with two attached hydrogens (primary N) is 1. The highest BCUT2D eigenvalue weighted by Gasteiger charge is 2.32. The molecule has 7 heteroatoms.